The summed E-state index contributed by atoms with van der Waals surface area (Å²) in [7, 11) is 0. The second kappa shape index (κ2) is 9.28. The van der Waals surface area contributed by atoms with Crippen molar-refractivity contribution in [3.8, 4) is 0 Å². The van der Waals surface area contributed by atoms with Crippen LogP contribution < -0.4 is 5.63 Å². The molecule has 0 radical (unpaired) electrons. The largest absolute Gasteiger partial charge is 0.459 e. The van der Waals surface area contributed by atoms with Gasteiger partial charge in [-0.1, -0.05) is 13.8 Å². The lowest BCUT2D eigenvalue weighted by atomic mass is 9.42. The highest BCUT2D eigenvalue weighted by Crippen LogP contribution is 2.78. The molecule has 1 aromatic heterocycles. The zero-order valence-corrected chi connectivity index (χ0v) is 24.1. The van der Waals surface area contributed by atoms with Crippen LogP contribution in [-0.4, -0.2) is 77.9 Å². The number of fused-ring (bicyclic) bond motifs is 3. The number of carbonyl (C=O) groups is 2. The van der Waals surface area contributed by atoms with Crippen LogP contribution in [0, 0.1) is 22.7 Å². The van der Waals surface area contributed by atoms with Crippen LogP contribution >= 0.6 is 0 Å². The minimum atomic E-state index is -0.937. The van der Waals surface area contributed by atoms with E-state index in [9.17, 15) is 19.5 Å². The monoisotopic (exact) mass is 571 g/mol. The molecule has 1 spiro atoms. The summed E-state index contributed by atoms with van der Waals surface area (Å²) in [5.74, 6) is -0.0837. The standard InChI is InChI=1S/C31H41NO9/c1-18(33)39-25-24(19-4-5-23(34)38-17-19)29(3)10-7-21-22(31(29)26(25)41-31)8-11-30(36)16-20(6-9-28(21,30)2)40-27(35)32-12-14-37-15-13-32/h4-5,17,20-22,24-26,36H,6-16H2,1-3H3/t20-,21-,22+,24-,25+,26+,28+,29+,30-,31+/m0/s1. The van der Waals surface area contributed by atoms with Crippen LogP contribution in [0.15, 0.2) is 27.6 Å². The molecule has 10 atom stereocenters. The van der Waals surface area contributed by atoms with E-state index in [1.807, 2.05) is 0 Å². The third kappa shape index (κ3) is 3.82. The molecule has 4 aliphatic carbocycles. The van der Waals surface area contributed by atoms with Crippen molar-refractivity contribution in [2.45, 2.75) is 101 Å². The van der Waals surface area contributed by atoms with Gasteiger partial charge in [0.05, 0.1) is 25.1 Å². The highest BCUT2D eigenvalue weighted by molar-refractivity contribution is 5.68. The molecular formula is C31H41NO9. The molecule has 0 bridgehead atoms. The molecule has 6 aliphatic rings. The number of nitrogens with zero attached hydrogens (tertiary/aromatic N) is 1. The van der Waals surface area contributed by atoms with Crippen molar-refractivity contribution >= 4 is 12.1 Å². The molecule has 7 rings (SSSR count). The van der Waals surface area contributed by atoms with Gasteiger partial charge < -0.3 is 33.4 Å². The molecule has 1 amide bonds. The van der Waals surface area contributed by atoms with Gasteiger partial charge in [0.25, 0.3) is 0 Å². The Morgan fingerprint density at radius 1 is 1.00 bits per heavy atom. The number of aliphatic hydroxyl groups is 1. The molecule has 1 N–H and O–H groups in total. The van der Waals surface area contributed by atoms with E-state index >= 15 is 0 Å². The first kappa shape index (κ1) is 27.4. The number of rotatable bonds is 3. The fraction of sp³-hybridized carbons (Fsp3) is 0.774. The van der Waals surface area contributed by atoms with E-state index in [0.717, 1.165) is 31.2 Å². The lowest BCUT2D eigenvalue weighted by Gasteiger charge is -2.64. The van der Waals surface area contributed by atoms with Crippen molar-refractivity contribution in [2.75, 3.05) is 26.3 Å². The molecule has 224 valence electrons. The maximum atomic E-state index is 12.8. The fourth-order valence-electron chi connectivity index (χ4n) is 10.1. The Labute approximate surface area is 239 Å². The number of hydrogen-bond acceptors (Lipinski definition) is 9. The lowest BCUT2D eigenvalue weighted by molar-refractivity contribution is -0.225. The van der Waals surface area contributed by atoms with Crippen molar-refractivity contribution in [1.82, 2.24) is 4.90 Å². The highest BCUT2D eigenvalue weighted by atomic mass is 16.7. The van der Waals surface area contributed by atoms with Crippen LogP contribution in [0.25, 0.3) is 0 Å². The third-order valence-corrected chi connectivity index (χ3v) is 12.1. The molecule has 0 aromatic carbocycles. The van der Waals surface area contributed by atoms with Gasteiger partial charge in [0.1, 0.15) is 23.9 Å². The summed E-state index contributed by atoms with van der Waals surface area (Å²) >= 11 is 0. The Bertz CT molecular complexity index is 1270. The fourth-order valence-corrected chi connectivity index (χ4v) is 10.1. The number of carbonyl (C=O) groups excluding carboxylic acids is 2. The second-order valence-electron chi connectivity index (χ2n) is 13.8. The van der Waals surface area contributed by atoms with Gasteiger partial charge in [0, 0.05) is 43.8 Å². The van der Waals surface area contributed by atoms with Crippen molar-refractivity contribution in [2.24, 2.45) is 22.7 Å². The van der Waals surface area contributed by atoms with Crippen molar-refractivity contribution in [3.63, 3.8) is 0 Å². The maximum absolute atomic E-state index is 12.8. The summed E-state index contributed by atoms with van der Waals surface area (Å²) in [5.41, 5.74) is -1.64. The van der Waals surface area contributed by atoms with Crippen molar-refractivity contribution in [1.29, 1.82) is 0 Å². The average molecular weight is 572 g/mol. The van der Waals surface area contributed by atoms with Crippen LogP contribution in [-0.2, 0) is 23.7 Å². The third-order valence-electron chi connectivity index (χ3n) is 12.1. The summed E-state index contributed by atoms with van der Waals surface area (Å²) in [6.45, 7) is 8.00. The molecule has 1 aromatic rings. The van der Waals surface area contributed by atoms with Gasteiger partial charge in [-0.25, -0.2) is 9.59 Å². The summed E-state index contributed by atoms with van der Waals surface area (Å²) in [5, 5.41) is 12.2. The molecule has 41 heavy (non-hydrogen) atoms. The number of morpholine rings is 1. The molecule has 3 heterocycles. The maximum Gasteiger partial charge on any atom is 0.410 e. The molecule has 2 aliphatic heterocycles. The Morgan fingerprint density at radius 2 is 1.73 bits per heavy atom. The minimum absolute atomic E-state index is 0.153. The van der Waals surface area contributed by atoms with Gasteiger partial charge in [-0.2, -0.15) is 0 Å². The summed E-state index contributed by atoms with van der Waals surface area (Å²) in [4.78, 5) is 38.5. The molecule has 0 unspecified atom stereocenters. The minimum Gasteiger partial charge on any atom is -0.459 e. The molecule has 4 saturated carbocycles. The summed E-state index contributed by atoms with van der Waals surface area (Å²) < 4.78 is 29.2. The zero-order valence-electron chi connectivity index (χ0n) is 24.1. The Hall–Kier alpha value is -2.43. The normalized spacial score (nSPS) is 46.4. The predicted octanol–water partition coefficient (Wildman–Crippen LogP) is 3.39. The predicted molar refractivity (Wildman–Crippen MR) is 144 cm³/mol. The number of hydrogen-bond donors (Lipinski definition) is 1. The Balaban J connectivity index is 1.15. The van der Waals surface area contributed by atoms with Crippen LogP contribution in [0.3, 0.4) is 0 Å². The molecule has 10 heteroatoms. The number of amides is 1. The average Bonchev–Trinajstić information content (AvgIpc) is 3.65. The highest BCUT2D eigenvalue weighted by Gasteiger charge is 2.85. The van der Waals surface area contributed by atoms with Crippen molar-refractivity contribution in [3.05, 3.63) is 34.4 Å². The van der Waals surface area contributed by atoms with Gasteiger partial charge in [0.15, 0.2) is 0 Å². The van der Waals surface area contributed by atoms with Gasteiger partial charge in [-0.15, -0.1) is 0 Å². The van der Waals surface area contributed by atoms with Crippen molar-refractivity contribution < 1.29 is 38.1 Å². The number of ether oxygens (including phenoxy) is 4. The van der Waals surface area contributed by atoms with E-state index in [1.54, 1.807) is 11.0 Å². The molecule has 2 saturated heterocycles. The van der Waals surface area contributed by atoms with Crippen LogP contribution in [0.5, 0.6) is 0 Å². The SMILES string of the molecule is CC(=O)O[C@H]1[C@H]2O[C@]23[C@@H]2CC[C@]4(O)C[C@@H](OC(=O)N5CCOCC5)CC[C@]4(C)[C@H]2CC[C@]3(C)[C@H]1c1ccc(=O)oc1. The van der Waals surface area contributed by atoms with Crippen LogP contribution in [0.2, 0.25) is 0 Å². The number of epoxide rings is 1. The van der Waals surface area contributed by atoms with Gasteiger partial charge in [-0.3, -0.25) is 4.79 Å². The quantitative estimate of drug-likeness (QED) is 0.429. The Kier molecular flexibility index (Phi) is 6.21. The first-order valence-electron chi connectivity index (χ1n) is 15.2. The first-order chi connectivity index (χ1) is 19.5. The van der Waals surface area contributed by atoms with Gasteiger partial charge in [-0.05, 0) is 67.4 Å². The number of esters is 1. The molecule has 6 fully saturated rings. The second-order valence-corrected chi connectivity index (χ2v) is 13.8. The molecular weight excluding hydrogens is 530 g/mol. The van der Waals surface area contributed by atoms with E-state index in [0.29, 0.717) is 45.6 Å². The Morgan fingerprint density at radius 3 is 2.44 bits per heavy atom. The van der Waals surface area contributed by atoms with Gasteiger partial charge >= 0.3 is 17.7 Å². The summed E-state index contributed by atoms with van der Waals surface area (Å²) in [6, 6.07) is 3.22. The van der Waals surface area contributed by atoms with Crippen LogP contribution in [0.4, 0.5) is 4.79 Å². The van der Waals surface area contributed by atoms with E-state index < -0.39 is 22.9 Å². The lowest BCUT2D eigenvalue weighted by Crippen LogP contribution is -2.65. The summed E-state index contributed by atoms with van der Waals surface area (Å²) in [6.07, 6.45) is 5.26. The zero-order chi connectivity index (χ0) is 28.8. The van der Waals surface area contributed by atoms with E-state index in [-0.39, 0.29) is 52.9 Å². The molecule has 10 nitrogen and oxygen atoms in total. The topological polar surface area (TPSA) is 128 Å². The van der Waals surface area contributed by atoms with Gasteiger partial charge in [0.2, 0.25) is 0 Å². The van der Waals surface area contributed by atoms with E-state index in [4.69, 9.17) is 23.4 Å². The smallest absolute Gasteiger partial charge is 0.410 e. The van der Waals surface area contributed by atoms with E-state index in [2.05, 4.69) is 13.8 Å². The first-order valence-corrected chi connectivity index (χ1v) is 15.2. The van der Waals surface area contributed by atoms with E-state index in [1.165, 1.54) is 19.3 Å². The van der Waals surface area contributed by atoms with Crippen LogP contribution in [0.1, 0.15) is 77.2 Å².